The van der Waals surface area contributed by atoms with E-state index in [2.05, 4.69) is 5.32 Å². The molecule has 0 aliphatic carbocycles. The van der Waals surface area contributed by atoms with Crippen LogP contribution in [0.4, 0.5) is 10.1 Å². The standard InChI is InChI=1S/C18H18ClFN2O6S/c1-9-6-15(16(27-3)8-13(9)19)22-17(23)10(2)28-18(24)12-7-11(29(21,25)26)4-5-14(12)20/h4-8,10H,1-3H3,(H,22,23)(H2,21,25,26). The van der Waals surface area contributed by atoms with Gasteiger partial charge < -0.3 is 14.8 Å². The van der Waals surface area contributed by atoms with Crippen molar-refractivity contribution in [2.75, 3.05) is 12.4 Å². The first-order valence-corrected chi connectivity index (χ1v) is 10.0. The lowest BCUT2D eigenvalue weighted by molar-refractivity contribution is -0.123. The minimum Gasteiger partial charge on any atom is -0.495 e. The molecule has 3 N–H and O–H groups in total. The summed E-state index contributed by atoms with van der Waals surface area (Å²) in [5, 5.41) is 7.94. The van der Waals surface area contributed by atoms with Crippen LogP contribution in [0.5, 0.6) is 5.75 Å². The van der Waals surface area contributed by atoms with Gasteiger partial charge in [-0.3, -0.25) is 4.79 Å². The molecule has 156 valence electrons. The van der Waals surface area contributed by atoms with E-state index in [0.29, 0.717) is 22.0 Å². The van der Waals surface area contributed by atoms with E-state index in [-0.39, 0.29) is 0 Å². The summed E-state index contributed by atoms with van der Waals surface area (Å²) in [5.41, 5.74) is 0.301. The van der Waals surface area contributed by atoms with Gasteiger partial charge in [0.1, 0.15) is 11.6 Å². The molecule has 0 radical (unpaired) electrons. The van der Waals surface area contributed by atoms with Gasteiger partial charge in [-0.05, 0) is 43.7 Å². The molecule has 0 aliphatic heterocycles. The fourth-order valence-electron chi connectivity index (χ4n) is 2.28. The molecule has 1 atom stereocenters. The molecule has 0 fully saturated rings. The van der Waals surface area contributed by atoms with E-state index in [0.717, 1.165) is 18.2 Å². The molecule has 1 amide bonds. The van der Waals surface area contributed by atoms with Crippen molar-refractivity contribution in [3.63, 3.8) is 0 Å². The highest BCUT2D eigenvalue weighted by Gasteiger charge is 2.24. The van der Waals surface area contributed by atoms with E-state index in [1.165, 1.54) is 20.1 Å². The minimum absolute atomic E-state index is 0.291. The number of anilines is 1. The number of esters is 1. The van der Waals surface area contributed by atoms with E-state index in [9.17, 15) is 22.4 Å². The molecule has 0 saturated heterocycles. The second-order valence-electron chi connectivity index (χ2n) is 6.03. The predicted octanol–water partition coefficient (Wildman–Crippen LogP) is 2.63. The maximum atomic E-state index is 13.9. The van der Waals surface area contributed by atoms with Crippen molar-refractivity contribution in [2.45, 2.75) is 24.8 Å². The van der Waals surface area contributed by atoms with Crippen LogP contribution in [0.1, 0.15) is 22.8 Å². The summed E-state index contributed by atoms with van der Waals surface area (Å²) in [7, 11) is -2.76. The molecule has 0 bridgehead atoms. The maximum Gasteiger partial charge on any atom is 0.341 e. The van der Waals surface area contributed by atoms with Crippen molar-refractivity contribution in [3.05, 3.63) is 52.3 Å². The van der Waals surface area contributed by atoms with Crippen LogP contribution in [0.3, 0.4) is 0 Å². The van der Waals surface area contributed by atoms with Crippen molar-refractivity contribution in [3.8, 4) is 5.75 Å². The number of ether oxygens (including phenoxy) is 2. The van der Waals surface area contributed by atoms with Crippen molar-refractivity contribution in [2.24, 2.45) is 5.14 Å². The number of carbonyl (C=O) groups is 2. The predicted molar refractivity (Wildman–Crippen MR) is 104 cm³/mol. The van der Waals surface area contributed by atoms with Gasteiger partial charge in [-0.15, -0.1) is 0 Å². The summed E-state index contributed by atoms with van der Waals surface area (Å²) >= 11 is 6.01. The number of benzene rings is 2. The van der Waals surface area contributed by atoms with Crippen LogP contribution >= 0.6 is 11.6 Å². The topological polar surface area (TPSA) is 125 Å². The van der Waals surface area contributed by atoms with Crippen LogP contribution in [-0.4, -0.2) is 33.5 Å². The van der Waals surface area contributed by atoms with E-state index in [1.54, 1.807) is 13.0 Å². The molecule has 0 aliphatic rings. The Morgan fingerprint density at radius 1 is 1.24 bits per heavy atom. The number of primary sulfonamides is 1. The number of nitrogens with two attached hydrogens (primary N) is 1. The number of halogens is 2. The van der Waals surface area contributed by atoms with Crippen LogP contribution in [0.15, 0.2) is 35.2 Å². The SMILES string of the molecule is COc1cc(Cl)c(C)cc1NC(=O)C(C)OC(=O)c1cc(S(N)(=O)=O)ccc1F. The van der Waals surface area contributed by atoms with Gasteiger partial charge >= 0.3 is 5.97 Å². The number of sulfonamides is 1. The van der Waals surface area contributed by atoms with Crippen LogP contribution in [0.2, 0.25) is 5.02 Å². The monoisotopic (exact) mass is 444 g/mol. The Morgan fingerprint density at radius 3 is 2.48 bits per heavy atom. The highest BCUT2D eigenvalue weighted by molar-refractivity contribution is 7.89. The van der Waals surface area contributed by atoms with Crippen LogP contribution in [0, 0.1) is 12.7 Å². The molecule has 8 nitrogen and oxygen atoms in total. The van der Waals surface area contributed by atoms with Gasteiger partial charge in [0.15, 0.2) is 6.10 Å². The molecule has 1 unspecified atom stereocenters. The summed E-state index contributed by atoms with van der Waals surface area (Å²) < 4.78 is 46.8. The molecule has 2 aromatic carbocycles. The highest BCUT2D eigenvalue weighted by atomic mass is 35.5. The summed E-state index contributed by atoms with van der Waals surface area (Å²) in [6.07, 6.45) is -1.33. The quantitative estimate of drug-likeness (QED) is 0.660. The smallest absolute Gasteiger partial charge is 0.341 e. The Hall–Kier alpha value is -2.69. The van der Waals surface area contributed by atoms with E-state index in [1.807, 2.05) is 0 Å². The largest absolute Gasteiger partial charge is 0.495 e. The first kappa shape index (κ1) is 22.6. The number of rotatable bonds is 6. The molecule has 2 rings (SSSR count). The molecule has 29 heavy (non-hydrogen) atoms. The summed E-state index contributed by atoms with van der Waals surface area (Å²) in [5.74, 6) is -2.68. The lowest BCUT2D eigenvalue weighted by atomic mass is 10.2. The van der Waals surface area contributed by atoms with Gasteiger partial charge in [0, 0.05) is 11.1 Å². The fraction of sp³-hybridized carbons (Fsp3) is 0.222. The fourth-order valence-corrected chi connectivity index (χ4v) is 2.97. The van der Waals surface area contributed by atoms with Crippen molar-refractivity contribution in [1.29, 1.82) is 0 Å². The second-order valence-corrected chi connectivity index (χ2v) is 7.99. The van der Waals surface area contributed by atoms with Crippen molar-refractivity contribution in [1.82, 2.24) is 0 Å². The van der Waals surface area contributed by atoms with E-state index < -0.39 is 44.3 Å². The molecule has 0 aromatic heterocycles. The number of hydrogen-bond donors (Lipinski definition) is 2. The number of hydrogen-bond acceptors (Lipinski definition) is 6. The van der Waals surface area contributed by atoms with Gasteiger partial charge in [-0.1, -0.05) is 11.6 Å². The van der Waals surface area contributed by atoms with Gasteiger partial charge in [0.2, 0.25) is 10.0 Å². The zero-order valence-electron chi connectivity index (χ0n) is 15.7. The lowest BCUT2D eigenvalue weighted by Gasteiger charge is -2.16. The Bertz CT molecular complexity index is 1070. The average Bonchev–Trinajstić information content (AvgIpc) is 2.63. The molecule has 0 heterocycles. The van der Waals surface area contributed by atoms with E-state index >= 15 is 0 Å². The van der Waals surface area contributed by atoms with Crippen LogP contribution in [-0.2, 0) is 19.6 Å². The number of nitrogens with one attached hydrogen (secondary N) is 1. The summed E-state index contributed by atoms with van der Waals surface area (Å²) in [4.78, 5) is 24.1. The zero-order valence-corrected chi connectivity index (χ0v) is 17.2. The molecule has 0 spiro atoms. The lowest BCUT2D eigenvalue weighted by Crippen LogP contribution is -2.30. The summed E-state index contributed by atoms with van der Waals surface area (Å²) in [6, 6.07) is 5.50. The normalized spacial score (nSPS) is 12.2. The highest BCUT2D eigenvalue weighted by Crippen LogP contribution is 2.31. The molecule has 11 heteroatoms. The zero-order chi connectivity index (χ0) is 21.9. The summed E-state index contributed by atoms with van der Waals surface area (Å²) in [6.45, 7) is 2.99. The number of amides is 1. The Kier molecular flexibility index (Phi) is 6.83. The number of carbonyl (C=O) groups excluding carboxylic acids is 2. The van der Waals surface area contributed by atoms with Gasteiger partial charge in [0.25, 0.3) is 5.91 Å². The van der Waals surface area contributed by atoms with Gasteiger partial charge in [-0.25, -0.2) is 22.7 Å². The first-order chi connectivity index (χ1) is 13.4. The Balaban J connectivity index is 2.18. The van der Waals surface area contributed by atoms with Crippen LogP contribution < -0.4 is 15.2 Å². The number of methoxy groups -OCH3 is 1. The van der Waals surface area contributed by atoms with Crippen LogP contribution in [0.25, 0.3) is 0 Å². The third-order valence-corrected chi connectivity index (χ3v) is 5.20. The second kappa shape index (κ2) is 8.76. The Morgan fingerprint density at radius 2 is 1.90 bits per heavy atom. The number of aryl methyl sites for hydroxylation is 1. The third kappa shape index (κ3) is 5.43. The molecular formula is C18H18ClFN2O6S. The van der Waals surface area contributed by atoms with Gasteiger partial charge in [-0.2, -0.15) is 0 Å². The van der Waals surface area contributed by atoms with Crippen molar-refractivity contribution >= 4 is 39.2 Å². The maximum absolute atomic E-state index is 13.9. The first-order valence-electron chi connectivity index (χ1n) is 8.12. The molecular weight excluding hydrogens is 427 g/mol. The van der Waals surface area contributed by atoms with Crippen molar-refractivity contribution < 1.29 is 31.9 Å². The van der Waals surface area contributed by atoms with E-state index in [4.69, 9.17) is 26.2 Å². The average molecular weight is 445 g/mol. The molecule has 0 saturated carbocycles. The van der Waals surface area contributed by atoms with Gasteiger partial charge in [0.05, 0.1) is 23.3 Å². The minimum atomic E-state index is -4.15. The third-order valence-electron chi connectivity index (χ3n) is 3.88. The molecule has 2 aromatic rings. The Labute approximate surface area is 171 Å².